The summed E-state index contributed by atoms with van der Waals surface area (Å²) in [5.41, 5.74) is -3.56. The predicted octanol–water partition coefficient (Wildman–Crippen LogP) is 2.70. The number of carbonyl (C=O) groups is 1. The van der Waals surface area contributed by atoms with Crippen LogP contribution in [0, 0.1) is 0 Å². The van der Waals surface area contributed by atoms with Gasteiger partial charge in [0.2, 0.25) is 11.9 Å². The van der Waals surface area contributed by atoms with Crippen molar-refractivity contribution >= 4 is 17.7 Å². The number of alkyl halides is 6. The number of rotatable bonds is 5. The van der Waals surface area contributed by atoms with E-state index in [0.717, 1.165) is 18.5 Å². The second-order valence-electron chi connectivity index (χ2n) is 8.63. The average molecular weight is 519 g/mol. The molecule has 2 aromatic heterocycles. The van der Waals surface area contributed by atoms with E-state index in [2.05, 4.69) is 15.1 Å². The van der Waals surface area contributed by atoms with Gasteiger partial charge in [-0.05, 0) is 19.3 Å². The molecule has 1 N–H and O–H groups in total. The minimum Gasteiger partial charge on any atom is -0.352 e. The molecule has 4 heterocycles. The third-order valence-corrected chi connectivity index (χ3v) is 6.34. The number of nitrogens with zero attached hydrogens (tertiary/aromatic N) is 6. The summed E-state index contributed by atoms with van der Waals surface area (Å²) in [5, 5.41) is 5.68. The van der Waals surface area contributed by atoms with Crippen LogP contribution in [0.1, 0.15) is 36.8 Å². The van der Waals surface area contributed by atoms with E-state index in [1.807, 2.05) is 5.10 Å². The van der Waals surface area contributed by atoms with Crippen molar-refractivity contribution < 1.29 is 31.1 Å². The van der Waals surface area contributed by atoms with Crippen LogP contribution in [0.3, 0.4) is 0 Å². The van der Waals surface area contributed by atoms with Crippen LogP contribution in [-0.4, -0.2) is 69.7 Å². The van der Waals surface area contributed by atoms with Crippen LogP contribution in [0.4, 0.5) is 38.1 Å². The van der Waals surface area contributed by atoms with Gasteiger partial charge in [0, 0.05) is 63.6 Å². The summed E-state index contributed by atoms with van der Waals surface area (Å²) in [6.45, 7) is 1.85. The van der Waals surface area contributed by atoms with Gasteiger partial charge in [-0.1, -0.05) is 0 Å². The largest absolute Gasteiger partial charge is 0.421 e. The lowest BCUT2D eigenvalue weighted by Crippen LogP contribution is -2.49. The summed E-state index contributed by atoms with van der Waals surface area (Å²) in [6.07, 6.45) is -5.90. The Morgan fingerprint density at radius 1 is 1.00 bits per heavy atom. The first-order valence-electron chi connectivity index (χ1n) is 11.3. The highest BCUT2D eigenvalue weighted by Crippen LogP contribution is 2.32. The molecule has 0 aromatic carbocycles. The monoisotopic (exact) mass is 519 g/mol. The zero-order valence-corrected chi connectivity index (χ0v) is 18.9. The molecule has 0 bridgehead atoms. The maximum absolute atomic E-state index is 13.1. The fourth-order valence-electron chi connectivity index (χ4n) is 4.43. The summed E-state index contributed by atoms with van der Waals surface area (Å²) in [6, 6.07) is 0.539. The van der Waals surface area contributed by atoms with Gasteiger partial charge in [0.05, 0.1) is 5.56 Å². The molecule has 9 nitrogen and oxygen atoms in total. The van der Waals surface area contributed by atoms with Crippen LogP contribution < -0.4 is 15.4 Å². The van der Waals surface area contributed by atoms with Gasteiger partial charge in [0.15, 0.2) is 0 Å². The number of amides is 1. The van der Waals surface area contributed by atoms with Crippen LogP contribution in [0.2, 0.25) is 0 Å². The number of anilines is 2. The molecule has 2 fully saturated rings. The lowest BCUT2D eigenvalue weighted by atomic mass is 10.1. The van der Waals surface area contributed by atoms with Crippen molar-refractivity contribution in [2.45, 2.75) is 44.1 Å². The van der Waals surface area contributed by atoms with Gasteiger partial charge >= 0.3 is 12.4 Å². The highest BCUT2D eigenvalue weighted by Gasteiger charge is 2.36. The third kappa shape index (κ3) is 5.70. The fourth-order valence-corrected chi connectivity index (χ4v) is 4.43. The molecule has 196 valence electrons. The Balaban J connectivity index is 1.30. The van der Waals surface area contributed by atoms with Gasteiger partial charge in [-0.25, -0.2) is 15.1 Å². The second-order valence-corrected chi connectivity index (χ2v) is 8.63. The molecular formula is C21H23F6N7O2. The Bertz CT molecular complexity index is 1130. The first-order valence-corrected chi connectivity index (χ1v) is 11.3. The topological polar surface area (TPSA) is 98.3 Å². The number of hydrogen-bond donors (Lipinski definition) is 1. The van der Waals surface area contributed by atoms with Crippen molar-refractivity contribution in [2.24, 2.45) is 0 Å². The van der Waals surface area contributed by atoms with Crippen LogP contribution in [0.25, 0.3) is 0 Å². The van der Waals surface area contributed by atoms with E-state index in [9.17, 15) is 35.9 Å². The molecule has 0 saturated carbocycles. The van der Waals surface area contributed by atoms with Crippen molar-refractivity contribution in [3.05, 3.63) is 39.9 Å². The van der Waals surface area contributed by atoms with Gasteiger partial charge in [0.1, 0.15) is 11.4 Å². The smallest absolute Gasteiger partial charge is 0.352 e. The molecule has 1 atom stereocenters. The number of halogens is 6. The van der Waals surface area contributed by atoms with Gasteiger partial charge in [-0.2, -0.15) is 31.4 Å². The van der Waals surface area contributed by atoms with E-state index in [4.69, 9.17) is 0 Å². The van der Waals surface area contributed by atoms with Crippen LogP contribution in [0.5, 0.6) is 0 Å². The lowest BCUT2D eigenvalue weighted by Gasteiger charge is -2.35. The number of piperazine rings is 1. The molecule has 0 radical (unpaired) electrons. The summed E-state index contributed by atoms with van der Waals surface area (Å²) in [4.78, 5) is 36.8. The van der Waals surface area contributed by atoms with Crippen molar-refractivity contribution in [1.82, 2.24) is 25.1 Å². The fraction of sp³-hybridized carbons (Fsp3) is 0.571. The standard InChI is InChI=1S/C21H23F6N7O2/c22-20(23,24)13-11-28-19(29-12-13)33-8-6-32(7-9-33)17(35)4-3-14-2-1-5-34(14)16-10-15(21(25,26)27)18(36)31-30-16/h10-12,14H,1-9H2,(H,31,36). The van der Waals surface area contributed by atoms with Crippen molar-refractivity contribution in [1.29, 1.82) is 0 Å². The molecule has 2 aliphatic rings. The lowest BCUT2D eigenvalue weighted by molar-refractivity contribution is -0.139. The molecule has 4 rings (SSSR count). The SMILES string of the molecule is O=C(CCC1CCCN1c1cc(C(F)(F)F)c(=O)[nH]n1)N1CCN(c2ncc(C(F)(F)F)cn2)CC1. The van der Waals surface area contributed by atoms with Gasteiger partial charge in [-0.15, -0.1) is 0 Å². The number of nitrogens with one attached hydrogen (secondary N) is 1. The normalized spacial score (nSPS) is 19.2. The molecule has 2 saturated heterocycles. The average Bonchev–Trinajstić information content (AvgIpc) is 3.30. The first-order chi connectivity index (χ1) is 16.9. The highest BCUT2D eigenvalue weighted by molar-refractivity contribution is 5.76. The molecule has 15 heteroatoms. The quantitative estimate of drug-likeness (QED) is 0.607. The summed E-state index contributed by atoms with van der Waals surface area (Å²) >= 11 is 0. The van der Waals surface area contributed by atoms with Crippen LogP contribution in [-0.2, 0) is 17.1 Å². The Kier molecular flexibility index (Phi) is 7.09. The van der Waals surface area contributed by atoms with E-state index in [1.165, 1.54) is 0 Å². The van der Waals surface area contributed by atoms with Crippen molar-refractivity contribution in [3.8, 4) is 0 Å². The Morgan fingerprint density at radius 3 is 2.28 bits per heavy atom. The van der Waals surface area contributed by atoms with Gasteiger partial charge < -0.3 is 14.7 Å². The molecule has 36 heavy (non-hydrogen) atoms. The predicted molar refractivity (Wildman–Crippen MR) is 115 cm³/mol. The number of aromatic nitrogens is 4. The van der Waals surface area contributed by atoms with Crippen molar-refractivity contribution in [3.63, 3.8) is 0 Å². The molecule has 1 amide bonds. The van der Waals surface area contributed by atoms with E-state index < -0.39 is 29.0 Å². The summed E-state index contributed by atoms with van der Waals surface area (Å²) < 4.78 is 77.4. The van der Waals surface area contributed by atoms with Gasteiger partial charge in [-0.3, -0.25) is 9.59 Å². The Labute approximate surface area is 201 Å². The van der Waals surface area contributed by atoms with Crippen LogP contribution >= 0.6 is 0 Å². The molecule has 2 aliphatic heterocycles. The number of H-pyrrole nitrogens is 1. The Hall–Kier alpha value is -3.39. The maximum Gasteiger partial charge on any atom is 0.421 e. The number of hydrogen-bond acceptors (Lipinski definition) is 7. The summed E-state index contributed by atoms with van der Waals surface area (Å²) in [5.74, 6) is 0.0469. The molecule has 0 spiro atoms. The molecule has 1 unspecified atom stereocenters. The van der Waals surface area contributed by atoms with E-state index in [-0.39, 0.29) is 30.1 Å². The maximum atomic E-state index is 13.1. The number of carbonyl (C=O) groups excluding carboxylic acids is 1. The summed E-state index contributed by atoms with van der Waals surface area (Å²) in [7, 11) is 0. The first kappa shape index (κ1) is 25.7. The molecular weight excluding hydrogens is 496 g/mol. The minimum atomic E-state index is -4.80. The van der Waals surface area contributed by atoms with Crippen molar-refractivity contribution in [2.75, 3.05) is 42.5 Å². The zero-order chi connectivity index (χ0) is 26.1. The van der Waals surface area contributed by atoms with Crippen LogP contribution in [0.15, 0.2) is 23.3 Å². The second kappa shape index (κ2) is 9.93. The van der Waals surface area contributed by atoms with E-state index in [1.54, 1.807) is 14.7 Å². The molecule has 0 aliphatic carbocycles. The molecule has 2 aromatic rings. The highest BCUT2D eigenvalue weighted by atomic mass is 19.4. The third-order valence-electron chi connectivity index (χ3n) is 6.34. The van der Waals surface area contributed by atoms with E-state index in [0.29, 0.717) is 52.0 Å². The van der Waals surface area contributed by atoms with E-state index >= 15 is 0 Å². The Morgan fingerprint density at radius 2 is 1.67 bits per heavy atom. The minimum absolute atomic E-state index is 0.0158. The van der Waals surface area contributed by atoms with Gasteiger partial charge in [0.25, 0.3) is 5.56 Å². The zero-order valence-electron chi connectivity index (χ0n) is 18.9. The number of aromatic amines is 1.